The molecule has 0 aromatic heterocycles. The fourth-order valence-corrected chi connectivity index (χ4v) is 0.994. The van der Waals surface area contributed by atoms with Crippen molar-refractivity contribution < 1.29 is 27.9 Å². The van der Waals surface area contributed by atoms with Crippen molar-refractivity contribution in [1.82, 2.24) is 0 Å². The van der Waals surface area contributed by atoms with Crippen LogP contribution in [0.15, 0.2) is 12.1 Å². The number of carbonyl (C=O) groups is 2. The minimum Gasteiger partial charge on any atom is -0.480 e. The summed E-state index contributed by atoms with van der Waals surface area (Å²) in [5.41, 5.74) is -2.44. The van der Waals surface area contributed by atoms with Crippen LogP contribution < -0.4 is 5.32 Å². The largest absolute Gasteiger partial charge is 0.480 e. The minimum absolute atomic E-state index is 0.263. The number of aliphatic carboxylic acids is 1. The van der Waals surface area contributed by atoms with Crippen LogP contribution in [0.1, 0.15) is 13.8 Å². The molecular weight excluding hydrogens is 251 g/mol. The van der Waals surface area contributed by atoms with Gasteiger partial charge >= 0.3 is 5.97 Å². The monoisotopic (exact) mass is 261 g/mol. The standard InChI is InChI=1S/C11H10F3NO3/c1-11(2,10(17)18)9(16)15-8-4-6(13)5(12)3-7(8)14/h3-4H,1-2H3,(H,15,16)(H,17,18). The second-order valence-electron chi connectivity index (χ2n) is 4.13. The van der Waals surface area contributed by atoms with Gasteiger partial charge < -0.3 is 10.4 Å². The summed E-state index contributed by atoms with van der Waals surface area (Å²) in [4.78, 5) is 22.3. The van der Waals surface area contributed by atoms with Crippen molar-refractivity contribution in [3.05, 3.63) is 29.6 Å². The third kappa shape index (κ3) is 2.61. The molecule has 0 heterocycles. The van der Waals surface area contributed by atoms with E-state index in [2.05, 4.69) is 0 Å². The predicted octanol–water partition coefficient (Wildman–Crippen LogP) is 2.15. The molecule has 0 unspecified atom stereocenters. The van der Waals surface area contributed by atoms with Crippen LogP contribution in [0, 0.1) is 22.9 Å². The molecule has 0 fully saturated rings. The molecule has 0 atom stereocenters. The zero-order valence-electron chi connectivity index (χ0n) is 9.55. The summed E-state index contributed by atoms with van der Waals surface area (Å²) >= 11 is 0. The number of amides is 1. The SMILES string of the molecule is CC(C)(C(=O)O)C(=O)Nc1cc(F)c(F)cc1F. The van der Waals surface area contributed by atoms with Gasteiger partial charge in [0, 0.05) is 12.1 Å². The van der Waals surface area contributed by atoms with E-state index < -0.39 is 40.4 Å². The van der Waals surface area contributed by atoms with E-state index >= 15 is 0 Å². The van der Waals surface area contributed by atoms with E-state index in [9.17, 15) is 22.8 Å². The zero-order valence-corrected chi connectivity index (χ0v) is 9.55. The lowest BCUT2D eigenvalue weighted by molar-refractivity contribution is -0.151. The van der Waals surface area contributed by atoms with Crippen molar-refractivity contribution in [3.63, 3.8) is 0 Å². The summed E-state index contributed by atoms with van der Waals surface area (Å²) in [6.45, 7) is 2.20. The molecule has 7 heteroatoms. The third-order valence-corrected chi connectivity index (χ3v) is 2.36. The average Bonchev–Trinajstić information content (AvgIpc) is 2.25. The number of carboxylic acids is 1. The Morgan fingerprint density at radius 1 is 1.11 bits per heavy atom. The van der Waals surface area contributed by atoms with Crippen LogP contribution in [-0.4, -0.2) is 17.0 Å². The first-order valence-electron chi connectivity index (χ1n) is 4.85. The van der Waals surface area contributed by atoms with Gasteiger partial charge in [0.2, 0.25) is 5.91 Å². The molecule has 2 N–H and O–H groups in total. The fourth-order valence-electron chi connectivity index (χ4n) is 0.994. The molecule has 1 aromatic rings. The van der Waals surface area contributed by atoms with Crippen LogP contribution in [0.25, 0.3) is 0 Å². The van der Waals surface area contributed by atoms with E-state index in [-0.39, 0.29) is 6.07 Å². The number of anilines is 1. The highest BCUT2D eigenvalue weighted by Gasteiger charge is 2.36. The van der Waals surface area contributed by atoms with Gasteiger partial charge in [0.25, 0.3) is 0 Å². The molecule has 0 saturated carbocycles. The lowest BCUT2D eigenvalue weighted by Gasteiger charge is -2.18. The number of hydrogen-bond acceptors (Lipinski definition) is 2. The zero-order chi connectivity index (χ0) is 14.1. The van der Waals surface area contributed by atoms with Gasteiger partial charge in [-0.25, -0.2) is 13.2 Å². The number of carboxylic acid groups (broad SMARTS) is 1. The van der Waals surface area contributed by atoms with Crippen molar-refractivity contribution in [3.8, 4) is 0 Å². The first-order chi connectivity index (χ1) is 8.16. The van der Waals surface area contributed by atoms with Gasteiger partial charge in [-0.05, 0) is 13.8 Å². The van der Waals surface area contributed by atoms with Crippen molar-refractivity contribution in [2.45, 2.75) is 13.8 Å². The van der Waals surface area contributed by atoms with Gasteiger partial charge in [-0.3, -0.25) is 9.59 Å². The van der Waals surface area contributed by atoms with Gasteiger partial charge in [-0.1, -0.05) is 0 Å². The number of hydrogen-bond donors (Lipinski definition) is 2. The Labute approximate surface area is 100 Å². The number of halogens is 3. The van der Waals surface area contributed by atoms with Crippen molar-refractivity contribution in [2.24, 2.45) is 5.41 Å². The lowest BCUT2D eigenvalue weighted by Crippen LogP contribution is -2.38. The maximum atomic E-state index is 13.2. The van der Waals surface area contributed by atoms with E-state index in [0.29, 0.717) is 6.07 Å². The Morgan fingerprint density at radius 3 is 2.11 bits per heavy atom. The van der Waals surface area contributed by atoms with E-state index in [1.54, 1.807) is 0 Å². The van der Waals surface area contributed by atoms with Crippen LogP contribution in [0.3, 0.4) is 0 Å². The summed E-state index contributed by atoms with van der Waals surface area (Å²) in [6, 6.07) is 0.708. The second kappa shape index (κ2) is 4.67. The van der Waals surface area contributed by atoms with Gasteiger partial charge in [-0.15, -0.1) is 0 Å². The highest BCUT2D eigenvalue weighted by atomic mass is 19.2. The molecule has 0 aliphatic heterocycles. The van der Waals surface area contributed by atoms with Crippen LogP contribution in [-0.2, 0) is 9.59 Å². The van der Waals surface area contributed by atoms with Gasteiger partial charge in [0.1, 0.15) is 11.2 Å². The van der Waals surface area contributed by atoms with Gasteiger partial charge in [-0.2, -0.15) is 0 Å². The lowest BCUT2D eigenvalue weighted by atomic mass is 9.92. The molecule has 1 aromatic carbocycles. The van der Waals surface area contributed by atoms with E-state index in [1.165, 1.54) is 0 Å². The molecular formula is C11H10F3NO3. The van der Waals surface area contributed by atoms with Gasteiger partial charge in [0.15, 0.2) is 11.6 Å². The molecule has 0 radical (unpaired) electrons. The van der Waals surface area contributed by atoms with E-state index in [4.69, 9.17) is 5.11 Å². The van der Waals surface area contributed by atoms with Crippen molar-refractivity contribution in [2.75, 3.05) is 5.32 Å². The van der Waals surface area contributed by atoms with Crippen LogP contribution in [0.2, 0.25) is 0 Å². The van der Waals surface area contributed by atoms with Crippen LogP contribution >= 0.6 is 0 Å². The summed E-state index contributed by atoms with van der Waals surface area (Å²) in [5.74, 6) is -6.41. The average molecular weight is 261 g/mol. The highest BCUT2D eigenvalue weighted by Crippen LogP contribution is 2.22. The normalized spacial score (nSPS) is 11.2. The van der Waals surface area contributed by atoms with Crippen LogP contribution in [0.5, 0.6) is 0 Å². The summed E-state index contributed by atoms with van der Waals surface area (Å²) in [5, 5.41) is 10.7. The Kier molecular flexibility index (Phi) is 3.64. The first-order valence-corrected chi connectivity index (χ1v) is 4.85. The fraction of sp³-hybridized carbons (Fsp3) is 0.273. The second-order valence-corrected chi connectivity index (χ2v) is 4.13. The van der Waals surface area contributed by atoms with E-state index in [0.717, 1.165) is 13.8 Å². The first kappa shape index (κ1) is 14.0. The smallest absolute Gasteiger partial charge is 0.318 e. The topological polar surface area (TPSA) is 66.4 Å². The Balaban J connectivity index is 3.03. The molecule has 1 amide bonds. The van der Waals surface area contributed by atoms with Crippen LogP contribution in [0.4, 0.5) is 18.9 Å². The maximum Gasteiger partial charge on any atom is 0.318 e. The summed E-state index contributed by atoms with van der Waals surface area (Å²) in [7, 11) is 0. The molecule has 0 spiro atoms. The highest BCUT2D eigenvalue weighted by molar-refractivity contribution is 6.07. The molecule has 0 aliphatic carbocycles. The third-order valence-electron chi connectivity index (χ3n) is 2.36. The van der Waals surface area contributed by atoms with Crippen molar-refractivity contribution >= 4 is 17.6 Å². The number of carbonyl (C=O) groups excluding carboxylic acids is 1. The molecule has 0 aliphatic rings. The minimum atomic E-state index is -1.82. The molecule has 98 valence electrons. The Morgan fingerprint density at radius 2 is 1.61 bits per heavy atom. The summed E-state index contributed by atoms with van der Waals surface area (Å²) in [6.07, 6.45) is 0. The van der Waals surface area contributed by atoms with Crippen molar-refractivity contribution in [1.29, 1.82) is 0 Å². The molecule has 0 saturated heterocycles. The quantitative estimate of drug-likeness (QED) is 0.647. The Bertz CT molecular complexity index is 515. The van der Waals surface area contributed by atoms with E-state index in [1.807, 2.05) is 5.32 Å². The maximum absolute atomic E-state index is 13.2. The van der Waals surface area contributed by atoms with Gasteiger partial charge in [0.05, 0.1) is 5.69 Å². The molecule has 1 rings (SSSR count). The summed E-state index contributed by atoms with van der Waals surface area (Å²) < 4.78 is 38.7. The molecule has 18 heavy (non-hydrogen) atoms. The molecule has 0 bridgehead atoms. The predicted molar refractivity (Wildman–Crippen MR) is 56.4 cm³/mol. The molecule has 4 nitrogen and oxygen atoms in total. The number of nitrogens with one attached hydrogen (secondary N) is 1. The Hall–Kier alpha value is -2.05. The number of rotatable bonds is 3. The number of benzene rings is 1.